The van der Waals surface area contributed by atoms with Crippen molar-refractivity contribution in [2.24, 2.45) is 0 Å². The molecule has 0 aromatic heterocycles. The summed E-state index contributed by atoms with van der Waals surface area (Å²) in [5, 5.41) is 36.3. The lowest BCUT2D eigenvalue weighted by atomic mass is 10.0. The molecule has 0 saturated carbocycles. The van der Waals surface area contributed by atoms with Crippen molar-refractivity contribution in [1.82, 2.24) is 10.6 Å². The summed E-state index contributed by atoms with van der Waals surface area (Å²) in [5.74, 6) is 0. The Morgan fingerprint density at radius 3 is 2.38 bits per heavy atom. The molecule has 7 heteroatoms. The molecule has 0 saturated heterocycles. The van der Waals surface area contributed by atoms with Crippen LogP contribution >= 0.6 is 0 Å². The van der Waals surface area contributed by atoms with Crippen LogP contribution in [0, 0.1) is 10.1 Å². The van der Waals surface area contributed by atoms with Gasteiger partial charge in [-0.15, -0.1) is 0 Å². The molecule has 4 N–H and O–H groups in total. The molecule has 0 spiro atoms. The van der Waals surface area contributed by atoms with Gasteiger partial charge >= 0.3 is 0 Å². The van der Waals surface area contributed by atoms with Crippen molar-refractivity contribution >= 4 is 5.69 Å². The van der Waals surface area contributed by atoms with E-state index in [1.54, 1.807) is 0 Å². The number of hydrogen-bond donors (Lipinski definition) is 4. The third-order valence-corrected chi connectivity index (χ3v) is 3.28. The molecule has 0 amide bonds. The van der Waals surface area contributed by atoms with Gasteiger partial charge in [-0.1, -0.05) is 0 Å². The van der Waals surface area contributed by atoms with Crippen molar-refractivity contribution in [1.29, 1.82) is 0 Å². The zero-order chi connectivity index (χ0) is 15.7. The first-order valence-corrected chi connectivity index (χ1v) is 7.01. The molecule has 0 aliphatic heterocycles. The van der Waals surface area contributed by atoms with Crippen molar-refractivity contribution in [3.8, 4) is 0 Å². The normalized spacial score (nSPS) is 13.9. The van der Waals surface area contributed by atoms with Crippen LogP contribution in [0.3, 0.4) is 0 Å². The highest BCUT2D eigenvalue weighted by atomic mass is 16.6. The standard InChI is InChI=1S/C14H23N3O4/c1-15-8-2-3-9-16-13(10-18)14(19)11-4-6-12(7-5-11)17(20)21/h4-7,13-16,18-19H,2-3,8-10H2,1H3/t13-,14-/m1/s1. The van der Waals surface area contributed by atoms with Crippen LogP contribution in [-0.4, -0.2) is 47.9 Å². The number of benzene rings is 1. The Morgan fingerprint density at radius 2 is 1.86 bits per heavy atom. The average molecular weight is 297 g/mol. The van der Waals surface area contributed by atoms with Gasteiger partial charge in [-0.05, 0) is 50.7 Å². The maximum Gasteiger partial charge on any atom is 0.269 e. The number of nitro groups is 1. The number of hydrogen-bond acceptors (Lipinski definition) is 6. The van der Waals surface area contributed by atoms with E-state index in [0.29, 0.717) is 12.1 Å². The Bertz CT molecular complexity index is 425. The van der Waals surface area contributed by atoms with E-state index in [-0.39, 0.29) is 12.3 Å². The van der Waals surface area contributed by atoms with Gasteiger partial charge in [0.2, 0.25) is 0 Å². The molecule has 0 aliphatic carbocycles. The van der Waals surface area contributed by atoms with Gasteiger partial charge in [-0.25, -0.2) is 0 Å². The van der Waals surface area contributed by atoms with E-state index in [2.05, 4.69) is 10.6 Å². The minimum Gasteiger partial charge on any atom is -0.395 e. The molecule has 1 rings (SSSR count). The summed E-state index contributed by atoms with van der Waals surface area (Å²) in [4.78, 5) is 10.1. The Labute approximate surface area is 124 Å². The van der Waals surface area contributed by atoms with Gasteiger partial charge < -0.3 is 20.8 Å². The summed E-state index contributed by atoms with van der Waals surface area (Å²) < 4.78 is 0. The maximum atomic E-state index is 10.6. The minimum atomic E-state index is -0.903. The van der Waals surface area contributed by atoms with Gasteiger partial charge in [-0.2, -0.15) is 0 Å². The molecular formula is C14H23N3O4. The van der Waals surface area contributed by atoms with Gasteiger partial charge in [-0.3, -0.25) is 10.1 Å². The van der Waals surface area contributed by atoms with E-state index in [1.165, 1.54) is 24.3 Å². The summed E-state index contributed by atoms with van der Waals surface area (Å²) in [6, 6.07) is 5.23. The van der Waals surface area contributed by atoms with Crippen LogP contribution < -0.4 is 10.6 Å². The molecule has 21 heavy (non-hydrogen) atoms. The summed E-state index contributed by atoms with van der Waals surface area (Å²) in [5.41, 5.74) is 0.522. The highest BCUT2D eigenvalue weighted by Crippen LogP contribution is 2.20. The van der Waals surface area contributed by atoms with Crippen molar-refractivity contribution in [2.45, 2.75) is 25.0 Å². The number of aliphatic hydroxyl groups is 2. The number of nitrogens with one attached hydrogen (secondary N) is 2. The second kappa shape index (κ2) is 9.41. The predicted molar refractivity (Wildman–Crippen MR) is 80.1 cm³/mol. The number of nitro benzene ring substituents is 1. The SMILES string of the molecule is CNCCCCN[C@H](CO)[C@H](O)c1ccc([N+](=O)[O-])cc1. The van der Waals surface area contributed by atoms with Crippen LogP contribution in [0.4, 0.5) is 5.69 Å². The fourth-order valence-corrected chi connectivity index (χ4v) is 2.02. The van der Waals surface area contributed by atoms with Gasteiger partial charge in [0.15, 0.2) is 0 Å². The summed E-state index contributed by atoms with van der Waals surface area (Å²) in [6.07, 6.45) is 1.04. The van der Waals surface area contributed by atoms with Crippen molar-refractivity contribution < 1.29 is 15.1 Å². The Hall–Kier alpha value is -1.54. The second-order valence-corrected chi connectivity index (χ2v) is 4.85. The van der Waals surface area contributed by atoms with Crippen molar-refractivity contribution in [3.05, 3.63) is 39.9 Å². The Morgan fingerprint density at radius 1 is 1.24 bits per heavy atom. The molecule has 0 unspecified atom stereocenters. The first kappa shape index (κ1) is 17.5. The average Bonchev–Trinajstić information content (AvgIpc) is 2.50. The van der Waals surface area contributed by atoms with Gasteiger partial charge in [0.05, 0.1) is 23.7 Å². The summed E-state index contributed by atoms with van der Waals surface area (Å²) in [6.45, 7) is 1.41. The number of unbranched alkanes of at least 4 members (excludes halogenated alkanes) is 1. The van der Waals surface area contributed by atoms with Crippen LogP contribution in [0.1, 0.15) is 24.5 Å². The van der Waals surface area contributed by atoms with Gasteiger partial charge in [0, 0.05) is 12.1 Å². The molecule has 7 nitrogen and oxygen atoms in total. The third kappa shape index (κ3) is 5.76. The van der Waals surface area contributed by atoms with E-state index in [4.69, 9.17) is 0 Å². The van der Waals surface area contributed by atoms with Gasteiger partial charge in [0.25, 0.3) is 5.69 Å². The van der Waals surface area contributed by atoms with E-state index in [1.807, 2.05) is 7.05 Å². The van der Waals surface area contributed by atoms with E-state index in [0.717, 1.165) is 19.4 Å². The lowest BCUT2D eigenvalue weighted by Crippen LogP contribution is -2.38. The van der Waals surface area contributed by atoms with Crippen LogP contribution in [0.2, 0.25) is 0 Å². The molecule has 0 bridgehead atoms. The first-order chi connectivity index (χ1) is 10.1. The maximum absolute atomic E-state index is 10.6. The van der Waals surface area contributed by atoms with E-state index >= 15 is 0 Å². The number of aliphatic hydroxyl groups excluding tert-OH is 2. The second-order valence-electron chi connectivity index (χ2n) is 4.85. The first-order valence-electron chi connectivity index (χ1n) is 7.01. The largest absolute Gasteiger partial charge is 0.395 e. The quantitative estimate of drug-likeness (QED) is 0.286. The third-order valence-electron chi connectivity index (χ3n) is 3.28. The van der Waals surface area contributed by atoms with Crippen molar-refractivity contribution in [3.63, 3.8) is 0 Å². The highest BCUT2D eigenvalue weighted by molar-refractivity contribution is 5.34. The smallest absolute Gasteiger partial charge is 0.269 e. The Kier molecular flexibility index (Phi) is 7.84. The fraction of sp³-hybridized carbons (Fsp3) is 0.571. The molecule has 0 radical (unpaired) electrons. The molecule has 1 aromatic rings. The van der Waals surface area contributed by atoms with E-state index in [9.17, 15) is 20.3 Å². The lowest BCUT2D eigenvalue weighted by molar-refractivity contribution is -0.384. The van der Waals surface area contributed by atoms with Crippen LogP contribution in [0.15, 0.2) is 24.3 Å². The van der Waals surface area contributed by atoms with E-state index < -0.39 is 17.1 Å². The molecular weight excluding hydrogens is 274 g/mol. The van der Waals surface area contributed by atoms with Crippen LogP contribution in [0.25, 0.3) is 0 Å². The monoisotopic (exact) mass is 297 g/mol. The summed E-state index contributed by atoms with van der Waals surface area (Å²) >= 11 is 0. The molecule has 0 fully saturated rings. The lowest BCUT2D eigenvalue weighted by Gasteiger charge is -2.22. The molecule has 118 valence electrons. The zero-order valence-electron chi connectivity index (χ0n) is 12.2. The highest BCUT2D eigenvalue weighted by Gasteiger charge is 2.20. The molecule has 0 aliphatic rings. The minimum absolute atomic E-state index is 0.0217. The molecule has 2 atom stereocenters. The molecule has 1 aromatic carbocycles. The topological polar surface area (TPSA) is 108 Å². The van der Waals surface area contributed by atoms with Crippen molar-refractivity contribution in [2.75, 3.05) is 26.7 Å². The predicted octanol–water partition coefficient (Wildman–Crippen LogP) is 0.578. The van der Waals surface area contributed by atoms with Gasteiger partial charge in [0.1, 0.15) is 0 Å². The molecule has 0 heterocycles. The Balaban J connectivity index is 2.53. The number of nitrogens with zero attached hydrogens (tertiary/aromatic N) is 1. The summed E-state index contributed by atoms with van der Waals surface area (Å²) in [7, 11) is 1.89. The zero-order valence-corrected chi connectivity index (χ0v) is 12.2. The number of rotatable bonds is 10. The number of non-ortho nitro benzene ring substituents is 1. The van der Waals surface area contributed by atoms with Crippen LogP contribution in [-0.2, 0) is 0 Å². The fourth-order valence-electron chi connectivity index (χ4n) is 2.02. The van der Waals surface area contributed by atoms with Crippen LogP contribution in [0.5, 0.6) is 0 Å².